The minimum atomic E-state index is -0.548. The van der Waals surface area contributed by atoms with Gasteiger partial charge in [0.25, 0.3) is 0 Å². The summed E-state index contributed by atoms with van der Waals surface area (Å²) in [5.74, 6) is -1.18. The lowest BCUT2D eigenvalue weighted by Gasteiger charge is -2.24. The van der Waals surface area contributed by atoms with E-state index in [1.54, 1.807) is 27.7 Å². The van der Waals surface area contributed by atoms with Gasteiger partial charge < -0.3 is 9.47 Å². The van der Waals surface area contributed by atoms with E-state index in [0.29, 0.717) is 0 Å². The Labute approximate surface area is 145 Å². The van der Waals surface area contributed by atoms with Crippen molar-refractivity contribution in [3.8, 4) is 0 Å². The van der Waals surface area contributed by atoms with E-state index in [-0.39, 0.29) is 30.4 Å². The first-order chi connectivity index (χ1) is 11.0. The van der Waals surface area contributed by atoms with E-state index in [0.717, 1.165) is 5.56 Å². The number of benzene rings is 1. The number of carbonyl (C=O) groups is 2. The largest absolute Gasteiger partial charge is 0.462 e. The van der Waals surface area contributed by atoms with Crippen molar-refractivity contribution in [2.45, 2.75) is 72.5 Å². The number of aryl methyl sites for hydroxylation is 1. The molecule has 24 heavy (non-hydrogen) atoms. The Morgan fingerprint density at radius 2 is 1.67 bits per heavy atom. The van der Waals surface area contributed by atoms with Crippen LogP contribution in [0.3, 0.4) is 0 Å². The molecule has 4 nitrogen and oxygen atoms in total. The Balaban J connectivity index is 2.60. The molecule has 1 rings (SSSR count). The molecule has 1 aromatic carbocycles. The van der Waals surface area contributed by atoms with Gasteiger partial charge in [-0.1, -0.05) is 38.1 Å². The second kappa shape index (κ2) is 8.32. The van der Waals surface area contributed by atoms with Crippen molar-refractivity contribution in [3.63, 3.8) is 0 Å². The quantitative estimate of drug-likeness (QED) is 0.724. The molecule has 0 aliphatic rings. The zero-order valence-electron chi connectivity index (χ0n) is 15.9. The number of hydrogen-bond donors (Lipinski definition) is 0. The average molecular weight is 334 g/mol. The summed E-state index contributed by atoms with van der Waals surface area (Å²) in [5, 5.41) is 0. The molecule has 0 unspecified atom stereocenters. The van der Waals surface area contributed by atoms with Gasteiger partial charge in [0.15, 0.2) is 0 Å². The lowest BCUT2D eigenvalue weighted by atomic mass is 9.92. The highest BCUT2D eigenvalue weighted by Crippen LogP contribution is 2.25. The Kier molecular flexibility index (Phi) is 7.00. The zero-order chi connectivity index (χ0) is 18.5. The number of hydrogen-bond acceptors (Lipinski definition) is 4. The molecular weight excluding hydrogens is 304 g/mol. The average Bonchev–Trinajstić information content (AvgIpc) is 2.44. The van der Waals surface area contributed by atoms with Gasteiger partial charge in [0.1, 0.15) is 11.7 Å². The SMILES string of the molecule is Cc1ccccc1[C@H](C)[C@@H](C)OC(=O)[C@H](C)CC(=O)OC(C)(C)C. The maximum atomic E-state index is 12.2. The summed E-state index contributed by atoms with van der Waals surface area (Å²) >= 11 is 0. The summed E-state index contributed by atoms with van der Waals surface area (Å²) in [6, 6.07) is 8.07. The zero-order valence-corrected chi connectivity index (χ0v) is 15.9. The lowest BCUT2D eigenvalue weighted by Crippen LogP contribution is -2.29. The first kappa shape index (κ1) is 20.2. The fourth-order valence-corrected chi connectivity index (χ4v) is 2.47. The molecule has 0 N–H and O–H groups in total. The van der Waals surface area contributed by atoms with Gasteiger partial charge >= 0.3 is 11.9 Å². The van der Waals surface area contributed by atoms with Crippen LogP contribution in [0, 0.1) is 12.8 Å². The highest BCUT2D eigenvalue weighted by molar-refractivity contribution is 5.79. The lowest BCUT2D eigenvalue weighted by molar-refractivity contribution is -0.163. The molecule has 0 heterocycles. The maximum Gasteiger partial charge on any atom is 0.309 e. The van der Waals surface area contributed by atoms with Crippen molar-refractivity contribution in [3.05, 3.63) is 35.4 Å². The van der Waals surface area contributed by atoms with E-state index in [1.165, 1.54) is 5.56 Å². The van der Waals surface area contributed by atoms with Crippen LogP contribution in [-0.2, 0) is 19.1 Å². The van der Waals surface area contributed by atoms with Gasteiger partial charge in [-0.25, -0.2) is 0 Å². The molecule has 0 fully saturated rings. The van der Waals surface area contributed by atoms with Gasteiger partial charge in [-0.15, -0.1) is 0 Å². The van der Waals surface area contributed by atoms with Crippen LogP contribution in [-0.4, -0.2) is 23.6 Å². The smallest absolute Gasteiger partial charge is 0.309 e. The van der Waals surface area contributed by atoms with Gasteiger partial charge in [-0.3, -0.25) is 9.59 Å². The second-order valence-electron chi connectivity index (χ2n) is 7.48. The van der Waals surface area contributed by atoms with Crippen LogP contribution >= 0.6 is 0 Å². The first-order valence-electron chi connectivity index (χ1n) is 8.49. The Morgan fingerprint density at radius 3 is 2.21 bits per heavy atom. The van der Waals surface area contributed by atoms with E-state index < -0.39 is 11.5 Å². The summed E-state index contributed by atoms with van der Waals surface area (Å²) in [6.45, 7) is 13.1. The summed E-state index contributed by atoms with van der Waals surface area (Å²) < 4.78 is 10.8. The number of rotatable bonds is 6. The molecule has 3 atom stereocenters. The Bertz CT molecular complexity index is 571. The minimum absolute atomic E-state index is 0.0293. The van der Waals surface area contributed by atoms with E-state index in [9.17, 15) is 9.59 Å². The molecule has 4 heteroatoms. The Hall–Kier alpha value is -1.84. The monoisotopic (exact) mass is 334 g/mol. The predicted octanol–water partition coefficient (Wildman–Crippen LogP) is 4.40. The number of carbonyl (C=O) groups excluding carboxylic acids is 2. The predicted molar refractivity (Wildman–Crippen MR) is 94.8 cm³/mol. The summed E-state index contributed by atoms with van der Waals surface area (Å²) in [5.41, 5.74) is 1.79. The van der Waals surface area contributed by atoms with Gasteiger partial charge in [0, 0.05) is 5.92 Å². The topological polar surface area (TPSA) is 52.6 Å². The van der Waals surface area contributed by atoms with E-state index >= 15 is 0 Å². The van der Waals surface area contributed by atoms with Crippen molar-refractivity contribution < 1.29 is 19.1 Å². The fraction of sp³-hybridized carbons (Fsp3) is 0.600. The molecule has 0 aliphatic heterocycles. The van der Waals surface area contributed by atoms with Crippen LogP contribution in [0.25, 0.3) is 0 Å². The van der Waals surface area contributed by atoms with Crippen LogP contribution < -0.4 is 0 Å². The minimum Gasteiger partial charge on any atom is -0.462 e. The first-order valence-corrected chi connectivity index (χ1v) is 8.49. The highest BCUT2D eigenvalue weighted by Gasteiger charge is 2.26. The van der Waals surface area contributed by atoms with Crippen molar-refractivity contribution in [1.82, 2.24) is 0 Å². The van der Waals surface area contributed by atoms with E-state index in [1.807, 2.05) is 39.0 Å². The molecule has 0 aliphatic carbocycles. The summed E-state index contributed by atoms with van der Waals surface area (Å²) in [7, 11) is 0. The standard InChI is InChI=1S/C20H30O4/c1-13-10-8-9-11-17(13)15(3)16(4)23-19(22)14(2)12-18(21)24-20(5,6)7/h8-11,14-16H,12H2,1-7H3/t14-,15-,16-/m1/s1. The molecule has 0 radical (unpaired) electrons. The molecular formula is C20H30O4. The highest BCUT2D eigenvalue weighted by atomic mass is 16.6. The second-order valence-corrected chi connectivity index (χ2v) is 7.48. The van der Waals surface area contributed by atoms with Crippen molar-refractivity contribution in [2.75, 3.05) is 0 Å². The molecule has 0 spiro atoms. The molecule has 1 aromatic rings. The molecule has 134 valence electrons. The van der Waals surface area contributed by atoms with Crippen LogP contribution in [0.15, 0.2) is 24.3 Å². The van der Waals surface area contributed by atoms with Crippen LogP contribution in [0.5, 0.6) is 0 Å². The molecule has 0 saturated heterocycles. The van der Waals surface area contributed by atoms with E-state index in [4.69, 9.17) is 9.47 Å². The van der Waals surface area contributed by atoms with E-state index in [2.05, 4.69) is 6.07 Å². The normalized spacial score (nSPS) is 15.3. The third-order valence-electron chi connectivity index (χ3n) is 3.98. The third kappa shape index (κ3) is 6.34. The Morgan fingerprint density at radius 1 is 1.08 bits per heavy atom. The maximum absolute atomic E-state index is 12.2. The van der Waals surface area contributed by atoms with Gasteiger partial charge in [-0.2, -0.15) is 0 Å². The van der Waals surface area contributed by atoms with Crippen molar-refractivity contribution in [1.29, 1.82) is 0 Å². The molecule has 0 aromatic heterocycles. The summed E-state index contributed by atoms with van der Waals surface area (Å²) in [4.78, 5) is 24.1. The van der Waals surface area contributed by atoms with Crippen LogP contribution in [0.1, 0.15) is 65.0 Å². The van der Waals surface area contributed by atoms with Crippen LogP contribution in [0.4, 0.5) is 0 Å². The van der Waals surface area contributed by atoms with Gasteiger partial charge in [0.05, 0.1) is 12.3 Å². The molecule has 0 saturated carbocycles. The van der Waals surface area contributed by atoms with Crippen LogP contribution in [0.2, 0.25) is 0 Å². The van der Waals surface area contributed by atoms with Crippen molar-refractivity contribution >= 4 is 11.9 Å². The fourth-order valence-electron chi connectivity index (χ4n) is 2.47. The molecule has 0 amide bonds. The van der Waals surface area contributed by atoms with Gasteiger partial charge in [-0.05, 0) is 45.7 Å². The number of ether oxygens (including phenoxy) is 2. The third-order valence-corrected chi connectivity index (χ3v) is 3.98. The summed E-state index contributed by atoms with van der Waals surface area (Å²) in [6.07, 6.45) is -0.235. The molecule has 0 bridgehead atoms. The number of esters is 2. The van der Waals surface area contributed by atoms with Gasteiger partial charge in [0.2, 0.25) is 0 Å². The van der Waals surface area contributed by atoms with Crippen molar-refractivity contribution in [2.24, 2.45) is 5.92 Å².